The van der Waals surface area contributed by atoms with Crippen LogP contribution in [0.2, 0.25) is 0 Å². The van der Waals surface area contributed by atoms with Crippen LogP contribution in [0.25, 0.3) is 0 Å². The molecule has 3 N–H and O–H groups in total. The van der Waals surface area contributed by atoms with Crippen LogP contribution in [0, 0.1) is 17.8 Å². The van der Waals surface area contributed by atoms with E-state index in [4.69, 9.17) is 37.0 Å². The molecule has 0 spiro atoms. The van der Waals surface area contributed by atoms with Crippen LogP contribution < -0.4 is 0 Å². The zero-order valence-electron chi connectivity index (χ0n) is 62.8. The van der Waals surface area contributed by atoms with Gasteiger partial charge in [0.25, 0.3) is 0 Å². The van der Waals surface area contributed by atoms with E-state index < -0.39 is 97.5 Å². The van der Waals surface area contributed by atoms with Crippen LogP contribution in [0.4, 0.5) is 0 Å². The fraction of sp³-hybridized carbons (Fsp3) is 0.948. The van der Waals surface area contributed by atoms with Gasteiger partial charge in [-0.15, -0.1) is 0 Å². The Kier molecular flexibility index (Phi) is 66.2. The summed E-state index contributed by atoms with van der Waals surface area (Å²) in [4.78, 5) is 72.9. The lowest BCUT2D eigenvalue weighted by molar-refractivity contribution is -0.161. The smallest absolute Gasteiger partial charge is 0.462 e. The van der Waals surface area contributed by atoms with Crippen molar-refractivity contribution in [2.45, 2.75) is 414 Å². The fourth-order valence-electron chi connectivity index (χ4n) is 11.8. The highest BCUT2D eigenvalue weighted by atomic mass is 31.2. The first-order valence-corrected chi connectivity index (χ1v) is 42.8. The summed E-state index contributed by atoms with van der Waals surface area (Å²) < 4.78 is 68.6. The lowest BCUT2D eigenvalue weighted by Crippen LogP contribution is -2.30. The number of phosphoric ester groups is 2. The molecule has 0 aromatic carbocycles. The van der Waals surface area contributed by atoms with E-state index in [1.54, 1.807) is 0 Å². The summed E-state index contributed by atoms with van der Waals surface area (Å²) in [6.45, 7) is 11.9. The predicted molar refractivity (Wildman–Crippen MR) is 391 cm³/mol. The van der Waals surface area contributed by atoms with Crippen LogP contribution in [0.1, 0.15) is 395 Å². The number of aliphatic hydroxyl groups is 1. The largest absolute Gasteiger partial charge is 0.472 e. The van der Waals surface area contributed by atoms with Crippen molar-refractivity contribution < 1.29 is 80.2 Å². The second-order valence-corrected chi connectivity index (χ2v) is 32.1. The monoisotopic (exact) mass is 1410 g/mol. The van der Waals surface area contributed by atoms with Crippen LogP contribution in [0.3, 0.4) is 0 Å². The third kappa shape index (κ3) is 70.5. The molecule has 570 valence electrons. The van der Waals surface area contributed by atoms with Crippen molar-refractivity contribution >= 4 is 39.5 Å². The summed E-state index contributed by atoms with van der Waals surface area (Å²) in [6, 6.07) is 0. The molecule has 0 fully saturated rings. The summed E-state index contributed by atoms with van der Waals surface area (Å²) in [7, 11) is -9.92. The van der Waals surface area contributed by atoms with Crippen molar-refractivity contribution in [2.75, 3.05) is 39.6 Å². The number of ether oxygens (including phenoxy) is 4. The van der Waals surface area contributed by atoms with Crippen LogP contribution >= 0.6 is 15.6 Å². The van der Waals surface area contributed by atoms with Gasteiger partial charge in [-0.1, -0.05) is 344 Å². The highest BCUT2D eigenvalue weighted by Crippen LogP contribution is 2.45. The lowest BCUT2D eigenvalue weighted by atomic mass is 10.0. The van der Waals surface area contributed by atoms with Crippen LogP contribution in [-0.2, 0) is 65.4 Å². The molecular formula is C77H150O17P2. The summed E-state index contributed by atoms with van der Waals surface area (Å²) >= 11 is 0. The number of aliphatic hydroxyl groups excluding tert-OH is 1. The number of esters is 4. The molecule has 0 aliphatic carbocycles. The number of carbonyl (C=O) groups is 4. The topological polar surface area (TPSA) is 237 Å². The Labute approximate surface area is 588 Å². The molecule has 0 radical (unpaired) electrons. The predicted octanol–water partition coefficient (Wildman–Crippen LogP) is 22.6. The molecule has 0 saturated carbocycles. The van der Waals surface area contributed by atoms with Gasteiger partial charge in [0.1, 0.15) is 19.3 Å². The normalized spacial score (nSPS) is 14.1. The summed E-state index contributed by atoms with van der Waals surface area (Å²) in [5.74, 6) is 0.199. The minimum atomic E-state index is -4.96. The SMILES string of the molecule is CCCCCCCCCCCCCCCC(=O)OC[C@H](COP(=O)(O)OC[C@H](O)COP(=O)(O)OC[C@@H](COC(=O)CCCCCCCCCCCCCC(C)C)OC(=O)CCCCCCCCCCCCCCC(C)C)OC(=O)CCCCCCCCCCCCCC(C)C. The molecule has 0 aromatic heterocycles. The van der Waals surface area contributed by atoms with Crippen LogP contribution in [-0.4, -0.2) is 96.7 Å². The molecule has 0 saturated heterocycles. The molecule has 96 heavy (non-hydrogen) atoms. The highest BCUT2D eigenvalue weighted by Gasteiger charge is 2.30. The Morgan fingerprint density at radius 3 is 0.708 bits per heavy atom. The minimum Gasteiger partial charge on any atom is -0.462 e. The average molecular weight is 1410 g/mol. The van der Waals surface area contributed by atoms with Crippen LogP contribution in [0.15, 0.2) is 0 Å². The van der Waals surface area contributed by atoms with E-state index >= 15 is 0 Å². The zero-order valence-corrected chi connectivity index (χ0v) is 64.6. The van der Waals surface area contributed by atoms with E-state index in [0.717, 1.165) is 108 Å². The molecule has 0 bridgehead atoms. The van der Waals surface area contributed by atoms with Crippen LogP contribution in [0.5, 0.6) is 0 Å². The second kappa shape index (κ2) is 67.5. The number of carbonyl (C=O) groups excluding carboxylic acids is 4. The van der Waals surface area contributed by atoms with Gasteiger partial charge in [-0.05, 0) is 43.4 Å². The number of hydrogen-bond acceptors (Lipinski definition) is 15. The van der Waals surface area contributed by atoms with Crippen molar-refractivity contribution in [3.63, 3.8) is 0 Å². The molecule has 0 heterocycles. The molecule has 0 rings (SSSR count). The van der Waals surface area contributed by atoms with Gasteiger partial charge < -0.3 is 33.8 Å². The Morgan fingerprint density at radius 2 is 0.479 bits per heavy atom. The third-order valence-electron chi connectivity index (χ3n) is 17.9. The summed E-state index contributed by atoms with van der Waals surface area (Å²) in [5, 5.41) is 10.6. The molecule has 0 aromatic rings. The molecule has 17 nitrogen and oxygen atoms in total. The quantitative estimate of drug-likeness (QED) is 0.0222. The van der Waals surface area contributed by atoms with Crippen molar-refractivity contribution in [2.24, 2.45) is 17.8 Å². The molecule has 2 unspecified atom stereocenters. The standard InChI is InChI=1S/C77H150O17P2/c1-8-9-10-11-12-13-14-15-23-30-37-44-51-58-74(79)87-64-73(94-77(82)61-54-47-40-33-26-19-22-29-36-43-50-57-70(6)7)67-92-96(85,86)90-63-71(78)62-89-95(83,84)91-66-72(65-88-75(80)59-52-45-38-31-25-18-21-28-35-42-49-56-69(4)5)93-76(81)60-53-46-39-32-24-17-16-20-27-34-41-48-55-68(2)3/h68-73,78H,8-67H2,1-7H3,(H,83,84)(H,85,86)/t71-,72-,73-/m1/s1. The summed E-state index contributed by atoms with van der Waals surface area (Å²) in [6.07, 6.45) is 53.9. The zero-order chi connectivity index (χ0) is 70.9. The molecule has 0 aliphatic heterocycles. The highest BCUT2D eigenvalue weighted by molar-refractivity contribution is 7.47. The number of unbranched alkanes of at least 4 members (excludes halogenated alkanes) is 43. The van der Waals surface area contributed by atoms with Gasteiger partial charge in [0.15, 0.2) is 12.2 Å². The molecule has 0 amide bonds. The van der Waals surface area contributed by atoms with Crippen molar-refractivity contribution in [1.82, 2.24) is 0 Å². The Balaban J connectivity index is 5.28. The van der Waals surface area contributed by atoms with Gasteiger partial charge in [-0.2, -0.15) is 0 Å². The van der Waals surface area contributed by atoms with E-state index in [0.29, 0.717) is 25.7 Å². The maximum Gasteiger partial charge on any atom is 0.472 e. The average Bonchev–Trinajstić information content (AvgIpc) is 1.73. The Morgan fingerprint density at radius 1 is 0.281 bits per heavy atom. The van der Waals surface area contributed by atoms with Gasteiger partial charge in [0.2, 0.25) is 0 Å². The Bertz CT molecular complexity index is 1870. The maximum atomic E-state index is 13.1. The number of phosphoric acid groups is 2. The van der Waals surface area contributed by atoms with E-state index in [-0.39, 0.29) is 25.7 Å². The molecule has 19 heteroatoms. The Hall–Kier alpha value is -1.94. The van der Waals surface area contributed by atoms with Crippen molar-refractivity contribution in [3.05, 3.63) is 0 Å². The van der Waals surface area contributed by atoms with E-state index in [9.17, 15) is 43.2 Å². The lowest BCUT2D eigenvalue weighted by Gasteiger charge is -2.21. The third-order valence-corrected chi connectivity index (χ3v) is 19.8. The van der Waals surface area contributed by atoms with Gasteiger partial charge in [-0.25, -0.2) is 9.13 Å². The van der Waals surface area contributed by atoms with Gasteiger partial charge in [0, 0.05) is 25.7 Å². The first-order valence-electron chi connectivity index (χ1n) is 39.8. The molecule has 0 aliphatic rings. The fourth-order valence-corrected chi connectivity index (χ4v) is 13.4. The van der Waals surface area contributed by atoms with Crippen molar-refractivity contribution in [1.29, 1.82) is 0 Å². The van der Waals surface area contributed by atoms with Crippen molar-refractivity contribution in [3.8, 4) is 0 Å². The molecule has 5 atom stereocenters. The number of rotatable bonds is 75. The van der Waals surface area contributed by atoms with Gasteiger partial charge in [-0.3, -0.25) is 37.3 Å². The van der Waals surface area contributed by atoms with E-state index in [2.05, 4.69) is 48.5 Å². The van der Waals surface area contributed by atoms with E-state index in [1.807, 2.05) is 0 Å². The first kappa shape index (κ1) is 94.1. The summed E-state index contributed by atoms with van der Waals surface area (Å²) in [5.41, 5.74) is 0. The second-order valence-electron chi connectivity index (χ2n) is 29.2. The maximum absolute atomic E-state index is 13.1. The number of hydrogen-bond donors (Lipinski definition) is 3. The van der Waals surface area contributed by atoms with E-state index in [1.165, 1.54) is 205 Å². The molecular weight excluding hydrogens is 1260 g/mol. The first-order chi connectivity index (χ1) is 46.2. The van der Waals surface area contributed by atoms with Gasteiger partial charge >= 0.3 is 39.5 Å². The minimum absolute atomic E-state index is 0.107. The van der Waals surface area contributed by atoms with Gasteiger partial charge in [0.05, 0.1) is 26.4 Å².